The zero-order valence-electron chi connectivity index (χ0n) is 28.6. The third-order valence-corrected chi connectivity index (χ3v) is 18.6. The molecule has 3 rings (SSSR count). The second kappa shape index (κ2) is 13.5. The molecule has 0 saturated heterocycles. The summed E-state index contributed by atoms with van der Waals surface area (Å²) in [5, 5.41) is 0.326. The van der Waals surface area contributed by atoms with Crippen molar-refractivity contribution in [3.8, 4) is 11.5 Å². The van der Waals surface area contributed by atoms with E-state index in [-0.39, 0.29) is 10.1 Å². The van der Waals surface area contributed by atoms with Crippen molar-refractivity contribution in [1.29, 1.82) is 0 Å². The Hall–Kier alpha value is -2.44. The molecule has 2 nitrogen and oxygen atoms in total. The summed E-state index contributed by atoms with van der Waals surface area (Å²) in [7, 11) is -3.81. The summed E-state index contributed by atoms with van der Waals surface area (Å²) in [6.45, 7) is 27.7. The van der Waals surface area contributed by atoms with Gasteiger partial charge in [-0.1, -0.05) is 116 Å². The Balaban J connectivity index is 1.99. The highest BCUT2D eigenvalue weighted by Crippen LogP contribution is 2.42. The van der Waals surface area contributed by atoms with Gasteiger partial charge in [-0.25, -0.2) is 0 Å². The molecule has 2 unspecified atom stereocenters. The Morgan fingerprint density at radius 1 is 0.643 bits per heavy atom. The van der Waals surface area contributed by atoms with Crippen LogP contribution in [0.4, 0.5) is 0 Å². The van der Waals surface area contributed by atoms with Gasteiger partial charge in [0.05, 0.1) is 11.5 Å². The molecule has 0 spiro atoms. The molecule has 0 aliphatic heterocycles. The van der Waals surface area contributed by atoms with E-state index in [2.05, 4.69) is 160 Å². The summed E-state index contributed by atoms with van der Waals surface area (Å²) in [5.41, 5.74) is 3.95. The minimum Gasteiger partial charge on any atom is -0.544 e. The van der Waals surface area contributed by atoms with Crippen molar-refractivity contribution in [3.63, 3.8) is 0 Å². The van der Waals surface area contributed by atoms with E-state index in [1.807, 2.05) is 0 Å². The van der Waals surface area contributed by atoms with Crippen molar-refractivity contribution in [2.75, 3.05) is 0 Å². The summed E-state index contributed by atoms with van der Waals surface area (Å²) >= 11 is 0. The number of rotatable bonds is 12. The molecule has 0 saturated carbocycles. The smallest absolute Gasteiger partial charge is 0.250 e. The minimum absolute atomic E-state index is 0.163. The normalized spacial score (nSPS) is 14.3. The molecule has 42 heavy (non-hydrogen) atoms. The second-order valence-corrected chi connectivity index (χ2v) is 24.8. The first-order valence-corrected chi connectivity index (χ1v) is 21.7. The van der Waals surface area contributed by atoms with Crippen LogP contribution in [-0.2, 0) is 0 Å². The molecule has 0 aromatic heterocycles. The van der Waals surface area contributed by atoms with Crippen molar-refractivity contribution < 1.29 is 8.85 Å². The first-order valence-electron chi connectivity index (χ1n) is 15.9. The Morgan fingerprint density at radius 2 is 1.05 bits per heavy atom. The summed E-state index contributed by atoms with van der Waals surface area (Å²) in [6.07, 6.45) is 3.35. The average Bonchev–Trinajstić information content (AvgIpc) is 2.91. The van der Waals surface area contributed by atoms with Gasteiger partial charge in [0.2, 0.25) is 16.6 Å². The highest BCUT2D eigenvalue weighted by Gasteiger charge is 2.39. The van der Waals surface area contributed by atoms with Gasteiger partial charge in [0.25, 0.3) is 0 Å². The van der Waals surface area contributed by atoms with E-state index < -0.39 is 16.6 Å². The van der Waals surface area contributed by atoms with Gasteiger partial charge in [-0.3, -0.25) is 0 Å². The molecule has 0 heterocycles. The van der Waals surface area contributed by atoms with Crippen LogP contribution in [0.3, 0.4) is 0 Å². The molecule has 2 atom stereocenters. The van der Waals surface area contributed by atoms with Gasteiger partial charge in [-0.05, 0) is 66.5 Å². The third kappa shape index (κ3) is 8.80. The molecule has 3 aromatic carbocycles. The lowest BCUT2D eigenvalue weighted by Crippen LogP contribution is -2.43. The van der Waals surface area contributed by atoms with Crippen molar-refractivity contribution in [3.05, 3.63) is 101 Å². The van der Waals surface area contributed by atoms with Gasteiger partial charge in [0.1, 0.15) is 0 Å². The molecule has 0 fully saturated rings. The van der Waals surface area contributed by atoms with Gasteiger partial charge in [0.15, 0.2) is 0 Å². The standard InChI is InChI=1S/C38H57O2Si2/c1-13-29(2)27-33(30-17-15-14-16-18-30)28-36(31-19-23-34(24-20-31)39-41(9,10)37(3,4)5)32-21-25-35(26-22-32)40-42(11,12)38(6,7)8/h14-26,29,33H,13,27-28H2,1-12H3/q-1. The van der Waals surface area contributed by atoms with Crippen LogP contribution in [0.25, 0.3) is 0 Å². The van der Waals surface area contributed by atoms with Crippen molar-refractivity contribution in [2.45, 2.75) is 117 Å². The largest absolute Gasteiger partial charge is 0.544 e. The van der Waals surface area contributed by atoms with E-state index in [0.29, 0.717) is 11.8 Å². The van der Waals surface area contributed by atoms with Gasteiger partial charge in [0, 0.05) is 0 Å². The van der Waals surface area contributed by atoms with Crippen LogP contribution < -0.4 is 8.85 Å². The molecule has 0 aliphatic rings. The van der Waals surface area contributed by atoms with Gasteiger partial charge >= 0.3 is 0 Å². The van der Waals surface area contributed by atoms with E-state index >= 15 is 0 Å². The quantitative estimate of drug-likeness (QED) is 0.152. The van der Waals surface area contributed by atoms with Crippen LogP contribution in [0.2, 0.25) is 36.3 Å². The Morgan fingerprint density at radius 3 is 1.40 bits per heavy atom. The highest BCUT2D eigenvalue weighted by atomic mass is 28.4. The van der Waals surface area contributed by atoms with E-state index in [4.69, 9.17) is 8.85 Å². The number of hydrogen-bond donors (Lipinski definition) is 0. The molecule has 0 bridgehead atoms. The lowest BCUT2D eigenvalue weighted by atomic mass is 9.77. The van der Waals surface area contributed by atoms with Gasteiger partial charge in [-0.15, -0.1) is 41.3 Å². The maximum Gasteiger partial charge on any atom is 0.250 e. The molecule has 0 radical (unpaired) electrons. The average molecular weight is 602 g/mol. The Bertz CT molecular complexity index is 1160. The minimum atomic E-state index is -1.90. The van der Waals surface area contributed by atoms with E-state index in [1.165, 1.54) is 35.4 Å². The third-order valence-electron chi connectivity index (χ3n) is 9.87. The molecule has 0 aliphatic carbocycles. The fourth-order valence-electron chi connectivity index (χ4n) is 4.71. The van der Waals surface area contributed by atoms with Gasteiger partial charge in [-0.2, -0.15) is 0 Å². The Kier molecular flexibility index (Phi) is 10.9. The van der Waals surface area contributed by atoms with Crippen molar-refractivity contribution in [1.82, 2.24) is 0 Å². The Labute approximate surface area is 260 Å². The molecule has 0 N–H and O–H groups in total. The molecule has 230 valence electrons. The molecule has 3 aromatic rings. The van der Waals surface area contributed by atoms with Crippen LogP contribution in [0.15, 0.2) is 78.9 Å². The van der Waals surface area contributed by atoms with Crippen LogP contribution in [-0.4, -0.2) is 16.6 Å². The summed E-state index contributed by atoms with van der Waals surface area (Å²) in [4.78, 5) is 0. The predicted octanol–water partition coefficient (Wildman–Crippen LogP) is 12.0. The fraction of sp³-hybridized carbons (Fsp3) is 0.500. The predicted molar refractivity (Wildman–Crippen MR) is 188 cm³/mol. The zero-order valence-corrected chi connectivity index (χ0v) is 30.6. The van der Waals surface area contributed by atoms with Crippen LogP contribution in [0.5, 0.6) is 11.5 Å². The molecular weight excluding hydrogens is 545 g/mol. The monoisotopic (exact) mass is 601 g/mol. The summed E-state index contributed by atoms with van der Waals surface area (Å²) in [6, 6.07) is 28.9. The number of benzene rings is 3. The van der Waals surface area contributed by atoms with Crippen molar-refractivity contribution in [2.24, 2.45) is 5.92 Å². The first-order chi connectivity index (χ1) is 19.4. The lowest BCUT2D eigenvalue weighted by molar-refractivity contribution is 0.446. The van der Waals surface area contributed by atoms with E-state index in [0.717, 1.165) is 17.9 Å². The van der Waals surface area contributed by atoms with Crippen LogP contribution in [0.1, 0.15) is 97.3 Å². The number of hydrogen-bond acceptors (Lipinski definition) is 2. The van der Waals surface area contributed by atoms with Crippen molar-refractivity contribution >= 4 is 16.6 Å². The zero-order chi connectivity index (χ0) is 31.3. The highest BCUT2D eigenvalue weighted by molar-refractivity contribution is 6.75. The molecule has 4 heteroatoms. The molecular formula is C38H57O2Si2-. The van der Waals surface area contributed by atoms with Gasteiger partial charge < -0.3 is 8.85 Å². The molecule has 0 amide bonds. The first kappa shape index (κ1) is 34.1. The van der Waals surface area contributed by atoms with E-state index in [9.17, 15) is 0 Å². The maximum absolute atomic E-state index is 6.63. The lowest BCUT2D eigenvalue weighted by Gasteiger charge is -2.37. The fourth-order valence-corrected chi connectivity index (χ4v) is 6.77. The maximum atomic E-state index is 6.63. The summed E-state index contributed by atoms with van der Waals surface area (Å²) < 4.78 is 13.3. The van der Waals surface area contributed by atoms with Crippen LogP contribution >= 0.6 is 0 Å². The summed E-state index contributed by atoms with van der Waals surface area (Å²) in [5.74, 6) is 4.44. The topological polar surface area (TPSA) is 18.5 Å². The van der Waals surface area contributed by atoms with Crippen LogP contribution in [0, 0.1) is 11.8 Å². The SMILES string of the molecule is CCC(C)CC(C[C-](c1ccc(O[Si](C)(C)C(C)(C)C)cc1)c1ccc(O[Si](C)(C)C(C)(C)C)cc1)c1ccccc1. The second-order valence-electron chi connectivity index (χ2n) is 15.3. The van der Waals surface area contributed by atoms with E-state index in [1.54, 1.807) is 0 Å².